The highest BCUT2D eigenvalue weighted by Crippen LogP contribution is 2.27. The van der Waals surface area contributed by atoms with E-state index in [0.717, 1.165) is 16.6 Å². The molecule has 0 amide bonds. The Hall–Kier alpha value is -1.16. The molecule has 0 aliphatic rings. The van der Waals surface area contributed by atoms with Gasteiger partial charge in [0.1, 0.15) is 12.1 Å². The van der Waals surface area contributed by atoms with E-state index in [1.165, 1.54) is 11.2 Å². The Kier molecular flexibility index (Phi) is 7.46. The van der Waals surface area contributed by atoms with Crippen LogP contribution < -0.4 is 5.73 Å². The standard InChI is InChI=1S/C8H9N3S.2C2H6/c1-2-5-3-6-7(12-5)8(9)11-4-10-6;2*1-2/h3-4H,2H2,1H3,(H2,9,10,11);2*1-2H3. The lowest BCUT2D eigenvalue weighted by atomic mass is 10.3. The average Bonchev–Trinajstić information content (AvgIpc) is 2.79. The predicted octanol–water partition coefficient (Wildman–Crippen LogP) is 3.89. The number of anilines is 1. The van der Waals surface area contributed by atoms with Crippen molar-refractivity contribution in [3.63, 3.8) is 0 Å². The fourth-order valence-corrected chi connectivity index (χ4v) is 2.05. The SMILES string of the molecule is CC.CC.CCc1cc2ncnc(N)c2s1. The van der Waals surface area contributed by atoms with E-state index in [1.54, 1.807) is 11.3 Å². The molecule has 0 unspecified atom stereocenters. The number of nitrogens with two attached hydrogens (primary N) is 1. The van der Waals surface area contributed by atoms with Gasteiger partial charge in [0, 0.05) is 4.88 Å². The third-order valence-electron chi connectivity index (χ3n) is 1.74. The first-order chi connectivity index (χ1) is 7.81. The van der Waals surface area contributed by atoms with Gasteiger partial charge in [0.05, 0.1) is 10.2 Å². The number of aryl methyl sites for hydroxylation is 1. The summed E-state index contributed by atoms with van der Waals surface area (Å²) < 4.78 is 1.01. The van der Waals surface area contributed by atoms with Crippen LogP contribution in [0.1, 0.15) is 39.5 Å². The van der Waals surface area contributed by atoms with Crippen LogP contribution >= 0.6 is 11.3 Å². The predicted molar refractivity (Wildman–Crippen MR) is 73.9 cm³/mol. The number of rotatable bonds is 1. The zero-order chi connectivity index (χ0) is 12.6. The lowest BCUT2D eigenvalue weighted by Crippen LogP contribution is -1.89. The molecule has 0 radical (unpaired) electrons. The summed E-state index contributed by atoms with van der Waals surface area (Å²) in [6.07, 6.45) is 2.53. The van der Waals surface area contributed by atoms with E-state index < -0.39 is 0 Å². The number of hydrogen-bond acceptors (Lipinski definition) is 4. The Morgan fingerprint density at radius 3 is 2.31 bits per heavy atom. The Bertz CT molecular complexity index is 410. The van der Waals surface area contributed by atoms with Crippen molar-refractivity contribution in [1.82, 2.24) is 9.97 Å². The fourth-order valence-electron chi connectivity index (χ4n) is 1.10. The minimum atomic E-state index is 0.588. The highest BCUT2D eigenvalue weighted by molar-refractivity contribution is 7.19. The zero-order valence-electron chi connectivity index (χ0n) is 10.7. The number of nitrogens with zero attached hydrogens (tertiary/aromatic N) is 2. The maximum absolute atomic E-state index is 5.68. The number of aromatic nitrogens is 2. The molecule has 90 valence electrons. The van der Waals surface area contributed by atoms with E-state index in [4.69, 9.17) is 5.73 Å². The summed E-state index contributed by atoms with van der Waals surface area (Å²) in [4.78, 5) is 9.36. The van der Waals surface area contributed by atoms with Crippen LogP contribution in [0.25, 0.3) is 10.2 Å². The van der Waals surface area contributed by atoms with E-state index in [1.807, 2.05) is 27.7 Å². The van der Waals surface area contributed by atoms with E-state index >= 15 is 0 Å². The monoisotopic (exact) mass is 239 g/mol. The van der Waals surface area contributed by atoms with Crippen LogP contribution in [0.3, 0.4) is 0 Å². The van der Waals surface area contributed by atoms with E-state index in [9.17, 15) is 0 Å². The van der Waals surface area contributed by atoms with Crippen LogP contribution in [-0.2, 0) is 6.42 Å². The van der Waals surface area contributed by atoms with Crippen LogP contribution in [0.4, 0.5) is 5.82 Å². The molecule has 0 saturated carbocycles. The number of thiophene rings is 1. The summed E-state index contributed by atoms with van der Waals surface area (Å²) in [5.74, 6) is 0.588. The van der Waals surface area contributed by atoms with Crippen molar-refractivity contribution in [2.45, 2.75) is 41.0 Å². The van der Waals surface area contributed by atoms with Crippen molar-refractivity contribution in [3.8, 4) is 0 Å². The fraction of sp³-hybridized carbons (Fsp3) is 0.500. The molecule has 2 N–H and O–H groups in total. The summed E-state index contributed by atoms with van der Waals surface area (Å²) in [5.41, 5.74) is 6.65. The summed E-state index contributed by atoms with van der Waals surface area (Å²) in [6.45, 7) is 10.1. The van der Waals surface area contributed by atoms with Gasteiger partial charge in [0.25, 0.3) is 0 Å². The molecule has 0 fully saturated rings. The summed E-state index contributed by atoms with van der Waals surface area (Å²) >= 11 is 1.67. The molecule has 0 aromatic carbocycles. The Labute approximate surface area is 102 Å². The van der Waals surface area contributed by atoms with E-state index in [2.05, 4.69) is 23.0 Å². The van der Waals surface area contributed by atoms with Crippen molar-refractivity contribution in [3.05, 3.63) is 17.3 Å². The first-order valence-electron chi connectivity index (χ1n) is 5.80. The molecule has 16 heavy (non-hydrogen) atoms. The lowest BCUT2D eigenvalue weighted by molar-refractivity contribution is 1.18. The van der Waals surface area contributed by atoms with E-state index in [0.29, 0.717) is 5.82 Å². The second-order valence-corrected chi connectivity index (χ2v) is 3.68. The molecule has 0 spiro atoms. The lowest BCUT2D eigenvalue weighted by Gasteiger charge is -1.90. The minimum Gasteiger partial charge on any atom is -0.382 e. The van der Waals surface area contributed by atoms with Crippen molar-refractivity contribution in [1.29, 1.82) is 0 Å². The Morgan fingerprint density at radius 2 is 1.81 bits per heavy atom. The molecule has 2 rings (SSSR count). The van der Waals surface area contributed by atoms with Gasteiger partial charge in [-0.1, -0.05) is 34.6 Å². The van der Waals surface area contributed by atoms with Gasteiger partial charge >= 0.3 is 0 Å². The van der Waals surface area contributed by atoms with Crippen molar-refractivity contribution < 1.29 is 0 Å². The second kappa shape index (κ2) is 8.05. The van der Waals surface area contributed by atoms with Crippen LogP contribution in [0.2, 0.25) is 0 Å². The maximum atomic E-state index is 5.68. The summed E-state index contributed by atoms with van der Waals surface area (Å²) in [7, 11) is 0. The van der Waals surface area contributed by atoms with Crippen molar-refractivity contribution >= 4 is 27.4 Å². The molecule has 2 aromatic rings. The van der Waals surface area contributed by atoms with Gasteiger partial charge in [-0.05, 0) is 12.5 Å². The molecule has 0 aliphatic heterocycles. The highest BCUT2D eigenvalue weighted by atomic mass is 32.1. The van der Waals surface area contributed by atoms with Crippen molar-refractivity contribution in [2.75, 3.05) is 5.73 Å². The van der Waals surface area contributed by atoms with Crippen molar-refractivity contribution in [2.24, 2.45) is 0 Å². The summed E-state index contributed by atoms with van der Waals surface area (Å²) in [5, 5.41) is 0. The third-order valence-corrected chi connectivity index (χ3v) is 3.03. The molecular formula is C12H21N3S. The number of hydrogen-bond donors (Lipinski definition) is 1. The molecular weight excluding hydrogens is 218 g/mol. The van der Waals surface area contributed by atoms with Gasteiger partial charge in [-0.25, -0.2) is 9.97 Å². The number of nitrogen functional groups attached to an aromatic ring is 1. The molecule has 0 bridgehead atoms. The smallest absolute Gasteiger partial charge is 0.144 e. The van der Waals surface area contributed by atoms with Gasteiger partial charge < -0.3 is 5.73 Å². The molecule has 0 aliphatic carbocycles. The van der Waals surface area contributed by atoms with Gasteiger partial charge in [-0.15, -0.1) is 11.3 Å². The quantitative estimate of drug-likeness (QED) is 0.821. The first-order valence-corrected chi connectivity index (χ1v) is 6.62. The molecule has 0 atom stereocenters. The molecule has 4 heteroatoms. The Balaban J connectivity index is 0.000000509. The third kappa shape index (κ3) is 3.45. The van der Waals surface area contributed by atoms with Gasteiger partial charge in [-0.2, -0.15) is 0 Å². The van der Waals surface area contributed by atoms with Crippen LogP contribution in [0.5, 0.6) is 0 Å². The van der Waals surface area contributed by atoms with Gasteiger partial charge in [0.15, 0.2) is 0 Å². The van der Waals surface area contributed by atoms with Crippen LogP contribution in [0, 0.1) is 0 Å². The minimum absolute atomic E-state index is 0.588. The van der Waals surface area contributed by atoms with Crippen LogP contribution in [0.15, 0.2) is 12.4 Å². The molecule has 0 saturated heterocycles. The topological polar surface area (TPSA) is 51.8 Å². The first kappa shape index (κ1) is 14.8. The average molecular weight is 239 g/mol. The largest absolute Gasteiger partial charge is 0.382 e. The van der Waals surface area contributed by atoms with E-state index in [-0.39, 0.29) is 0 Å². The molecule has 2 aromatic heterocycles. The normalized spacial score (nSPS) is 8.81. The maximum Gasteiger partial charge on any atom is 0.144 e. The Morgan fingerprint density at radius 1 is 1.19 bits per heavy atom. The van der Waals surface area contributed by atoms with Gasteiger partial charge in [-0.3, -0.25) is 0 Å². The molecule has 3 nitrogen and oxygen atoms in total. The zero-order valence-corrected chi connectivity index (χ0v) is 11.6. The summed E-state index contributed by atoms with van der Waals surface area (Å²) in [6, 6.07) is 2.07. The highest BCUT2D eigenvalue weighted by Gasteiger charge is 2.04. The molecule has 2 heterocycles. The van der Waals surface area contributed by atoms with Crippen LogP contribution in [-0.4, -0.2) is 9.97 Å². The second-order valence-electron chi connectivity index (χ2n) is 2.54. The van der Waals surface area contributed by atoms with Gasteiger partial charge in [0.2, 0.25) is 0 Å². The number of fused-ring (bicyclic) bond motifs is 1.